The number of carboxylic acids is 2. The zero-order chi connectivity index (χ0) is 5.15. The summed E-state index contributed by atoms with van der Waals surface area (Å²) in [7, 11) is 0. The van der Waals surface area contributed by atoms with Crippen molar-refractivity contribution in [3.05, 3.63) is 0 Å². The van der Waals surface area contributed by atoms with E-state index in [9.17, 15) is 0 Å². The van der Waals surface area contributed by atoms with Crippen LogP contribution in [0.1, 0.15) is 4.28 Å². The monoisotopic (exact) mass is 140 g/mol. The minimum Gasteiger partial charge on any atom is -1.00 e. The summed E-state index contributed by atoms with van der Waals surface area (Å²) in [5.74, 6) is -3.65. The van der Waals surface area contributed by atoms with E-state index in [0.29, 0.717) is 0 Å². The first-order valence-corrected chi connectivity index (χ1v) is 1.11. The Morgan fingerprint density at radius 3 is 1.25 bits per heavy atom. The number of hydrogen-bond acceptors (Lipinski definition) is 2. The molecule has 0 unspecified atom stereocenters. The SMILES string of the molecule is O=C(O)C(=O)O.[H-].[H-].[H-].[Mg+2].[Na+]. The van der Waals surface area contributed by atoms with E-state index in [4.69, 9.17) is 19.8 Å². The molecular formula is C2H5MgNaO4. The van der Waals surface area contributed by atoms with Gasteiger partial charge >= 0.3 is 64.5 Å². The largest absolute Gasteiger partial charge is 2.00 e. The van der Waals surface area contributed by atoms with Gasteiger partial charge in [-0.3, -0.25) is 0 Å². The van der Waals surface area contributed by atoms with Crippen LogP contribution in [0.3, 0.4) is 0 Å². The maximum atomic E-state index is 9.10. The molecule has 0 saturated heterocycles. The second-order valence-corrected chi connectivity index (χ2v) is 0.610. The topological polar surface area (TPSA) is 74.6 Å². The molecule has 0 amide bonds. The number of aliphatic carboxylic acids is 2. The van der Waals surface area contributed by atoms with Crippen LogP contribution in [0.25, 0.3) is 0 Å². The average molecular weight is 140 g/mol. The molecule has 8 heavy (non-hydrogen) atoms. The number of hydrogen-bond donors (Lipinski definition) is 2. The molecule has 2 N–H and O–H groups in total. The van der Waals surface area contributed by atoms with Crippen LogP contribution >= 0.6 is 0 Å². The van der Waals surface area contributed by atoms with E-state index in [2.05, 4.69) is 0 Å². The van der Waals surface area contributed by atoms with Crippen LogP contribution in [0.15, 0.2) is 0 Å². The Morgan fingerprint density at radius 1 is 1.12 bits per heavy atom. The van der Waals surface area contributed by atoms with Crippen LogP contribution in [-0.2, 0) is 9.59 Å². The van der Waals surface area contributed by atoms with Gasteiger partial charge in [0.1, 0.15) is 0 Å². The van der Waals surface area contributed by atoms with Crippen LogP contribution in [0, 0.1) is 0 Å². The fourth-order valence-electron chi connectivity index (χ4n) is 0. The molecular weight excluding hydrogens is 135 g/mol. The molecule has 40 valence electrons. The predicted octanol–water partition coefficient (Wildman–Crippen LogP) is -3.88. The first-order valence-electron chi connectivity index (χ1n) is 1.11. The number of carbonyl (C=O) groups is 2. The standard InChI is InChI=1S/C2H2O4.Mg.Na.3H/c3-1(4)2(5)6;;;;;/h(H,3,4)(H,5,6);;;;;/q;+2;+1;3*-1. The van der Waals surface area contributed by atoms with Crippen molar-refractivity contribution in [1.82, 2.24) is 0 Å². The molecule has 0 heterocycles. The second-order valence-electron chi connectivity index (χ2n) is 0.610. The summed E-state index contributed by atoms with van der Waals surface area (Å²) in [6.45, 7) is 0. The quantitative estimate of drug-likeness (QED) is 0.267. The molecule has 4 nitrogen and oxygen atoms in total. The molecule has 0 fully saturated rings. The van der Waals surface area contributed by atoms with Crippen molar-refractivity contribution in [2.24, 2.45) is 0 Å². The van der Waals surface area contributed by atoms with E-state index in [1.807, 2.05) is 0 Å². The van der Waals surface area contributed by atoms with Crippen molar-refractivity contribution in [1.29, 1.82) is 0 Å². The van der Waals surface area contributed by atoms with Crippen molar-refractivity contribution < 1.29 is 53.6 Å². The van der Waals surface area contributed by atoms with Crippen LogP contribution in [0.4, 0.5) is 0 Å². The summed E-state index contributed by atoms with van der Waals surface area (Å²) < 4.78 is 0. The van der Waals surface area contributed by atoms with E-state index in [1.54, 1.807) is 0 Å². The Balaban J connectivity index is -0.0000000125. The van der Waals surface area contributed by atoms with Crippen LogP contribution in [-0.4, -0.2) is 45.2 Å². The molecule has 0 rings (SSSR count). The van der Waals surface area contributed by atoms with Gasteiger partial charge in [-0.05, 0) is 0 Å². The molecule has 0 aromatic carbocycles. The normalized spacial score (nSPS) is 5.50. The van der Waals surface area contributed by atoms with Gasteiger partial charge in [0, 0.05) is 0 Å². The molecule has 0 aliphatic heterocycles. The van der Waals surface area contributed by atoms with E-state index in [0.717, 1.165) is 0 Å². The smallest absolute Gasteiger partial charge is 1.00 e. The summed E-state index contributed by atoms with van der Waals surface area (Å²) in [6.07, 6.45) is 0. The summed E-state index contributed by atoms with van der Waals surface area (Å²) >= 11 is 0. The minimum atomic E-state index is -1.82. The fourth-order valence-corrected chi connectivity index (χ4v) is 0. The van der Waals surface area contributed by atoms with Crippen LogP contribution in [0.2, 0.25) is 0 Å². The summed E-state index contributed by atoms with van der Waals surface area (Å²) in [6, 6.07) is 0. The molecule has 0 aromatic rings. The Hall–Kier alpha value is 0.706. The number of carboxylic acid groups (broad SMARTS) is 2. The maximum absolute atomic E-state index is 9.10. The molecule has 0 aliphatic rings. The second kappa shape index (κ2) is 7.71. The summed E-state index contributed by atoms with van der Waals surface area (Å²) in [4.78, 5) is 18.2. The van der Waals surface area contributed by atoms with E-state index >= 15 is 0 Å². The van der Waals surface area contributed by atoms with Gasteiger partial charge in [-0.2, -0.15) is 0 Å². The van der Waals surface area contributed by atoms with Gasteiger partial charge in [-0.25, -0.2) is 9.59 Å². The minimum absolute atomic E-state index is 0. The Labute approximate surface area is 88.2 Å². The molecule has 6 heteroatoms. The summed E-state index contributed by atoms with van der Waals surface area (Å²) in [5.41, 5.74) is 0. The van der Waals surface area contributed by atoms with Crippen LogP contribution < -0.4 is 29.6 Å². The van der Waals surface area contributed by atoms with Crippen molar-refractivity contribution in [3.8, 4) is 0 Å². The summed E-state index contributed by atoms with van der Waals surface area (Å²) in [5, 5.41) is 14.8. The van der Waals surface area contributed by atoms with Crippen LogP contribution in [0.5, 0.6) is 0 Å². The van der Waals surface area contributed by atoms with Crippen molar-refractivity contribution >= 4 is 35.0 Å². The average Bonchev–Trinajstić information content (AvgIpc) is 1.36. The third-order valence-electron chi connectivity index (χ3n) is 0.183. The van der Waals surface area contributed by atoms with Crippen molar-refractivity contribution in [2.75, 3.05) is 0 Å². The van der Waals surface area contributed by atoms with Crippen molar-refractivity contribution in [3.63, 3.8) is 0 Å². The first kappa shape index (κ1) is 15.9. The van der Waals surface area contributed by atoms with E-state index in [1.165, 1.54) is 0 Å². The molecule has 0 radical (unpaired) electrons. The van der Waals surface area contributed by atoms with Gasteiger partial charge < -0.3 is 14.5 Å². The Bertz CT molecular complexity index is 89.3. The molecule has 0 aromatic heterocycles. The maximum Gasteiger partial charge on any atom is 2.00 e. The Kier molecular flexibility index (Phi) is 15.3. The van der Waals surface area contributed by atoms with Gasteiger partial charge in [0.05, 0.1) is 0 Å². The molecule has 0 bridgehead atoms. The van der Waals surface area contributed by atoms with Gasteiger partial charge in [-0.1, -0.05) is 0 Å². The molecule has 0 atom stereocenters. The van der Waals surface area contributed by atoms with Gasteiger partial charge in [0.25, 0.3) is 0 Å². The van der Waals surface area contributed by atoms with Gasteiger partial charge in [0.2, 0.25) is 0 Å². The third kappa shape index (κ3) is 9.86. The third-order valence-corrected chi connectivity index (χ3v) is 0.183. The number of rotatable bonds is 0. The van der Waals surface area contributed by atoms with Gasteiger partial charge in [0.15, 0.2) is 0 Å². The molecule has 0 saturated carbocycles. The van der Waals surface area contributed by atoms with Crippen molar-refractivity contribution in [2.45, 2.75) is 0 Å². The molecule has 0 spiro atoms. The zero-order valence-corrected chi connectivity index (χ0v) is 7.83. The van der Waals surface area contributed by atoms with E-state index in [-0.39, 0.29) is 56.9 Å². The van der Waals surface area contributed by atoms with E-state index < -0.39 is 11.9 Å². The molecule has 0 aliphatic carbocycles. The zero-order valence-electron chi connectivity index (χ0n) is 7.42. The fraction of sp³-hybridized carbons (Fsp3) is 0. The Morgan fingerprint density at radius 2 is 1.25 bits per heavy atom. The predicted molar refractivity (Wildman–Crippen MR) is 24.4 cm³/mol. The van der Waals surface area contributed by atoms with Gasteiger partial charge in [-0.15, -0.1) is 0 Å². The first-order chi connectivity index (χ1) is 2.64.